The van der Waals surface area contributed by atoms with Gasteiger partial charge in [0, 0.05) is 11.5 Å². The predicted molar refractivity (Wildman–Crippen MR) is 85.5 cm³/mol. The first-order valence-corrected chi connectivity index (χ1v) is 7.95. The summed E-state index contributed by atoms with van der Waals surface area (Å²) in [5, 5.41) is 4.73. The molecule has 0 N–H and O–H groups in total. The molecular weight excluding hydrogens is 274 g/mol. The number of ether oxygens (including phenoxy) is 1. The van der Waals surface area contributed by atoms with Crippen molar-refractivity contribution in [2.24, 2.45) is 0 Å². The molecule has 1 unspecified atom stereocenters. The van der Waals surface area contributed by atoms with E-state index in [0.717, 1.165) is 12.2 Å². The molecule has 1 aromatic heterocycles. The van der Waals surface area contributed by atoms with Crippen LogP contribution in [0.25, 0.3) is 0 Å². The fourth-order valence-electron chi connectivity index (χ4n) is 2.94. The number of rotatable bonds is 2. The van der Waals surface area contributed by atoms with Crippen molar-refractivity contribution < 1.29 is 9.30 Å². The van der Waals surface area contributed by atoms with Crippen LogP contribution in [0.2, 0.25) is 0 Å². The van der Waals surface area contributed by atoms with Crippen LogP contribution in [-0.2, 0) is 23.3 Å². The van der Waals surface area contributed by atoms with Gasteiger partial charge in [-0.05, 0) is 40.2 Å². The van der Waals surface area contributed by atoms with Gasteiger partial charge in [0.05, 0.1) is 5.60 Å². The third kappa shape index (κ3) is 2.80. The van der Waals surface area contributed by atoms with Crippen molar-refractivity contribution in [3.63, 3.8) is 0 Å². The van der Waals surface area contributed by atoms with Gasteiger partial charge >= 0.3 is 5.82 Å². The van der Waals surface area contributed by atoms with E-state index in [0.29, 0.717) is 6.61 Å². The van der Waals surface area contributed by atoms with E-state index in [2.05, 4.69) is 75.8 Å². The van der Waals surface area contributed by atoms with Gasteiger partial charge in [-0.25, -0.2) is 4.57 Å². The maximum absolute atomic E-state index is 6.11. The van der Waals surface area contributed by atoms with Gasteiger partial charge in [-0.2, -0.15) is 0 Å². The van der Waals surface area contributed by atoms with Gasteiger partial charge < -0.3 is 4.74 Å². The summed E-state index contributed by atoms with van der Waals surface area (Å²) in [6, 6.07) is 10.8. The lowest BCUT2D eigenvalue weighted by Crippen LogP contribution is -2.57. The lowest BCUT2D eigenvalue weighted by Gasteiger charge is -2.36. The Hall–Kier alpha value is -1.68. The molecule has 1 atom stereocenters. The fraction of sp³-hybridized carbons (Fsp3) is 0.556. The van der Waals surface area contributed by atoms with Crippen molar-refractivity contribution in [3.8, 4) is 0 Å². The van der Waals surface area contributed by atoms with E-state index in [1.807, 2.05) is 4.68 Å². The standard InChI is InChI=1S/C18H26N3O/c1-17(2,3)21-13-20-15(11-14-9-7-6-8-10-14)18(4,5)22-12-16(20)19-21/h6-10,13,15H,11-12H2,1-5H3/q+1. The fourth-order valence-corrected chi connectivity index (χ4v) is 2.94. The van der Waals surface area contributed by atoms with Crippen LogP contribution in [0, 0.1) is 0 Å². The van der Waals surface area contributed by atoms with E-state index in [4.69, 9.17) is 9.84 Å². The summed E-state index contributed by atoms with van der Waals surface area (Å²) < 4.78 is 10.5. The SMILES string of the molecule is CC1(C)OCc2nn(C(C)(C)C)c[n+]2C1Cc1ccccc1. The molecule has 4 nitrogen and oxygen atoms in total. The summed E-state index contributed by atoms with van der Waals surface area (Å²) in [5.41, 5.74) is 1.10. The quantitative estimate of drug-likeness (QED) is 0.798. The molecule has 4 heteroatoms. The van der Waals surface area contributed by atoms with Crippen LogP contribution >= 0.6 is 0 Å². The predicted octanol–water partition coefficient (Wildman–Crippen LogP) is 3.02. The highest BCUT2D eigenvalue weighted by Gasteiger charge is 2.43. The molecule has 0 amide bonds. The van der Waals surface area contributed by atoms with Gasteiger partial charge in [0.25, 0.3) is 0 Å². The second-order valence-corrected chi connectivity index (χ2v) is 7.65. The topological polar surface area (TPSA) is 30.9 Å². The molecule has 2 aromatic rings. The second-order valence-electron chi connectivity index (χ2n) is 7.65. The number of nitrogens with zero attached hydrogens (tertiary/aromatic N) is 3. The molecular formula is C18H26N3O+. The maximum Gasteiger partial charge on any atom is 0.303 e. The Labute approximate surface area is 132 Å². The third-order valence-corrected chi connectivity index (χ3v) is 4.43. The average Bonchev–Trinajstić information content (AvgIpc) is 2.87. The normalized spacial score (nSPS) is 20.7. The Morgan fingerprint density at radius 2 is 1.95 bits per heavy atom. The van der Waals surface area contributed by atoms with Crippen molar-refractivity contribution in [3.05, 3.63) is 48.0 Å². The zero-order chi connectivity index (χ0) is 16.0. The lowest BCUT2D eigenvalue weighted by molar-refractivity contribution is -0.757. The van der Waals surface area contributed by atoms with E-state index in [1.165, 1.54) is 5.56 Å². The van der Waals surface area contributed by atoms with Crippen LogP contribution in [0.15, 0.2) is 36.7 Å². The Kier molecular flexibility index (Phi) is 3.60. The van der Waals surface area contributed by atoms with Crippen molar-refractivity contribution in [2.75, 3.05) is 0 Å². The molecule has 0 spiro atoms. The molecule has 1 aromatic carbocycles. The van der Waals surface area contributed by atoms with E-state index >= 15 is 0 Å². The van der Waals surface area contributed by atoms with Crippen molar-refractivity contribution >= 4 is 0 Å². The van der Waals surface area contributed by atoms with Crippen molar-refractivity contribution in [1.82, 2.24) is 9.78 Å². The second kappa shape index (κ2) is 5.20. The van der Waals surface area contributed by atoms with Crippen LogP contribution in [0.5, 0.6) is 0 Å². The largest absolute Gasteiger partial charge is 0.361 e. The van der Waals surface area contributed by atoms with Gasteiger partial charge in [-0.3, -0.25) is 0 Å². The molecule has 2 heterocycles. The highest BCUT2D eigenvalue weighted by atomic mass is 16.5. The van der Waals surface area contributed by atoms with E-state index in [9.17, 15) is 0 Å². The number of benzene rings is 1. The number of hydrogen-bond acceptors (Lipinski definition) is 2. The monoisotopic (exact) mass is 300 g/mol. The van der Waals surface area contributed by atoms with Gasteiger partial charge in [-0.1, -0.05) is 30.3 Å². The average molecular weight is 300 g/mol. The summed E-state index contributed by atoms with van der Waals surface area (Å²) in [7, 11) is 0. The molecule has 0 radical (unpaired) electrons. The van der Waals surface area contributed by atoms with Gasteiger partial charge in [0.1, 0.15) is 18.2 Å². The molecule has 1 aliphatic rings. The zero-order valence-electron chi connectivity index (χ0n) is 14.2. The summed E-state index contributed by atoms with van der Waals surface area (Å²) in [6.45, 7) is 11.4. The van der Waals surface area contributed by atoms with Crippen molar-refractivity contribution in [1.29, 1.82) is 0 Å². The number of fused-ring (bicyclic) bond motifs is 1. The molecule has 1 aliphatic heterocycles. The molecule has 22 heavy (non-hydrogen) atoms. The summed E-state index contributed by atoms with van der Waals surface area (Å²) in [4.78, 5) is 0. The molecule has 0 aliphatic carbocycles. The summed E-state index contributed by atoms with van der Waals surface area (Å²) in [5.74, 6) is 1.01. The van der Waals surface area contributed by atoms with Crippen LogP contribution in [-0.4, -0.2) is 15.4 Å². The van der Waals surface area contributed by atoms with Crippen molar-refractivity contribution in [2.45, 2.75) is 64.8 Å². The number of aromatic nitrogens is 3. The summed E-state index contributed by atoms with van der Waals surface area (Å²) >= 11 is 0. The molecule has 118 valence electrons. The Balaban J connectivity index is 1.99. The molecule has 0 saturated heterocycles. The van der Waals surface area contributed by atoms with Crippen LogP contribution < -0.4 is 4.57 Å². The third-order valence-electron chi connectivity index (χ3n) is 4.43. The van der Waals surface area contributed by atoms with E-state index < -0.39 is 0 Å². The Morgan fingerprint density at radius 3 is 2.59 bits per heavy atom. The first kappa shape index (κ1) is 15.2. The zero-order valence-corrected chi connectivity index (χ0v) is 14.2. The van der Waals surface area contributed by atoms with Gasteiger partial charge in [0.15, 0.2) is 0 Å². The highest BCUT2D eigenvalue weighted by molar-refractivity contribution is 5.16. The number of hydrogen-bond donors (Lipinski definition) is 0. The van der Waals surface area contributed by atoms with E-state index in [-0.39, 0.29) is 17.2 Å². The minimum Gasteiger partial charge on any atom is -0.361 e. The van der Waals surface area contributed by atoms with E-state index in [1.54, 1.807) is 0 Å². The Bertz CT molecular complexity index is 653. The Morgan fingerprint density at radius 1 is 1.27 bits per heavy atom. The summed E-state index contributed by atoms with van der Waals surface area (Å²) in [6.07, 6.45) is 3.09. The first-order valence-electron chi connectivity index (χ1n) is 7.95. The van der Waals surface area contributed by atoms with Gasteiger partial charge in [0.2, 0.25) is 6.33 Å². The van der Waals surface area contributed by atoms with Gasteiger partial charge in [-0.15, -0.1) is 4.68 Å². The molecule has 0 fully saturated rings. The maximum atomic E-state index is 6.11. The van der Waals surface area contributed by atoms with Crippen LogP contribution in [0.4, 0.5) is 0 Å². The lowest BCUT2D eigenvalue weighted by atomic mass is 9.91. The van der Waals surface area contributed by atoms with Crippen LogP contribution in [0.3, 0.4) is 0 Å². The highest BCUT2D eigenvalue weighted by Crippen LogP contribution is 2.30. The smallest absolute Gasteiger partial charge is 0.303 e. The first-order chi connectivity index (χ1) is 10.3. The minimum atomic E-state index is -0.209. The molecule has 3 rings (SSSR count). The molecule has 0 bridgehead atoms. The minimum absolute atomic E-state index is 0.0220. The van der Waals surface area contributed by atoms with Crippen LogP contribution in [0.1, 0.15) is 52.0 Å². The molecule has 0 saturated carbocycles.